The zero-order chi connectivity index (χ0) is 13.4. The number of benzene rings is 1. The van der Waals surface area contributed by atoms with Gasteiger partial charge in [-0.15, -0.1) is 0 Å². The predicted octanol–water partition coefficient (Wildman–Crippen LogP) is 5.46. The molecule has 0 aliphatic rings. The second kappa shape index (κ2) is 7.86. The average Bonchev–Trinajstić information content (AvgIpc) is 2.37. The minimum Gasteiger partial charge on any atom is -0.206 e. The van der Waals surface area contributed by atoms with Gasteiger partial charge in [0.1, 0.15) is 5.82 Å². The van der Waals surface area contributed by atoms with Crippen molar-refractivity contribution in [1.29, 1.82) is 0 Å². The first kappa shape index (κ1) is 14.7. The van der Waals surface area contributed by atoms with E-state index in [0.717, 1.165) is 42.4 Å². The summed E-state index contributed by atoms with van der Waals surface area (Å²) < 4.78 is 14.1. The third-order valence-corrected chi connectivity index (χ3v) is 3.08. The van der Waals surface area contributed by atoms with Crippen LogP contribution in [0.1, 0.15) is 49.8 Å². The van der Waals surface area contributed by atoms with Gasteiger partial charge in [0.2, 0.25) is 0 Å². The van der Waals surface area contributed by atoms with Gasteiger partial charge in [0.25, 0.3) is 0 Å². The molecule has 0 N–H and O–H groups in total. The van der Waals surface area contributed by atoms with Gasteiger partial charge in [-0.2, -0.15) is 0 Å². The van der Waals surface area contributed by atoms with Crippen molar-refractivity contribution in [2.45, 2.75) is 46.5 Å². The van der Waals surface area contributed by atoms with Crippen LogP contribution in [0.25, 0.3) is 6.08 Å². The second-order valence-corrected chi connectivity index (χ2v) is 4.55. The molecule has 0 bridgehead atoms. The Bertz CT molecular complexity index is 427. The quantitative estimate of drug-likeness (QED) is 0.585. The molecule has 0 saturated carbocycles. The van der Waals surface area contributed by atoms with Crippen molar-refractivity contribution in [2.24, 2.45) is 0 Å². The van der Waals surface area contributed by atoms with Crippen LogP contribution in [0.3, 0.4) is 0 Å². The van der Waals surface area contributed by atoms with Gasteiger partial charge >= 0.3 is 0 Å². The van der Waals surface area contributed by atoms with Crippen LogP contribution in [0.15, 0.2) is 30.4 Å². The van der Waals surface area contributed by atoms with Gasteiger partial charge in [0, 0.05) is 0 Å². The van der Waals surface area contributed by atoms with Crippen molar-refractivity contribution in [3.8, 4) is 0 Å². The lowest BCUT2D eigenvalue weighted by Gasteiger charge is -2.07. The van der Waals surface area contributed by atoms with Crippen LogP contribution in [0.2, 0.25) is 0 Å². The molecule has 0 saturated heterocycles. The standard InChI is InChI=1S/C17H23F/c1-4-6-8-10-15-12-13-16(11-9-7-5-2)17(18)14(15)3/h5,7-8,10,12-13H,4,6,9,11H2,1-3H3/b7-5+,10-8+. The van der Waals surface area contributed by atoms with Crippen LogP contribution in [0, 0.1) is 12.7 Å². The Balaban J connectivity index is 2.83. The lowest BCUT2D eigenvalue weighted by molar-refractivity contribution is 0.600. The van der Waals surface area contributed by atoms with Crippen LogP contribution in [-0.4, -0.2) is 0 Å². The molecule has 18 heavy (non-hydrogen) atoms. The second-order valence-electron chi connectivity index (χ2n) is 4.55. The Morgan fingerprint density at radius 2 is 1.94 bits per heavy atom. The topological polar surface area (TPSA) is 0 Å². The van der Waals surface area contributed by atoms with E-state index in [2.05, 4.69) is 19.1 Å². The SMILES string of the molecule is C/C=C/CCc1ccc(/C=C/CCC)c(C)c1F. The van der Waals surface area contributed by atoms with E-state index in [1.165, 1.54) is 0 Å². The van der Waals surface area contributed by atoms with E-state index in [0.29, 0.717) is 0 Å². The molecule has 0 atom stereocenters. The number of aryl methyl sites for hydroxylation is 1. The summed E-state index contributed by atoms with van der Waals surface area (Å²) in [6.45, 7) is 5.99. The van der Waals surface area contributed by atoms with Crippen molar-refractivity contribution in [2.75, 3.05) is 0 Å². The monoisotopic (exact) mass is 246 g/mol. The Morgan fingerprint density at radius 3 is 2.61 bits per heavy atom. The summed E-state index contributed by atoms with van der Waals surface area (Å²) in [5.41, 5.74) is 2.58. The molecule has 0 heterocycles. The van der Waals surface area contributed by atoms with E-state index in [9.17, 15) is 4.39 Å². The summed E-state index contributed by atoms with van der Waals surface area (Å²) in [7, 11) is 0. The maximum absolute atomic E-state index is 14.1. The maximum atomic E-state index is 14.1. The molecule has 1 aromatic carbocycles. The third-order valence-electron chi connectivity index (χ3n) is 3.08. The van der Waals surface area contributed by atoms with Crippen LogP contribution in [0.5, 0.6) is 0 Å². The van der Waals surface area contributed by atoms with Crippen molar-refractivity contribution < 1.29 is 4.39 Å². The number of rotatable bonds is 6. The fraction of sp³-hybridized carbons (Fsp3) is 0.412. The van der Waals surface area contributed by atoms with Gasteiger partial charge in [-0.1, -0.05) is 49.8 Å². The largest absolute Gasteiger partial charge is 0.206 e. The lowest BCUT2D eigenvalue weighted by Crippen LogP contribution is -1.95. The van der Waals surface area contributed by atoms with Gasteiger partial charge in [-0.05, 0) is 49.8 Å². The molecule has 1 heteroatoms. The van der Waals surface area contributed by atoms with Gasteiger partial charge in [0.15, 0.2) is 0 Å². The maximum Gasteiger partial charge on any atom is 0.129 e. The summed E-state index contributed by atoms with van der Waals surface area (Å²) in [6.07, 6.45) is 12.1. The lowest BCUT2D eigenvalue weighted by atomic mass is 10.0. The zero-order valence-corrected chi connectivity index (χ0v) is 11.7. The highest BCUT2D eigenvalue weighted by atomic mass is 19.1. The number of halogens is 1. The van der Waals surface area contributed by atoms with Gasteiger partial charge in [-0.3, -0.25) is 0 Å². The van der Waals surface area contributed by atoms with Gasteiger partial charge in [-0.25, -0.2) is 4.39 Å². The first-order valence-electron chi connectivity index (χ1n) is 6.76. The summed E-state index contributed by atoms with van der Waals surface area (Å²) in [6, 6.07) is 3.94. The van der Waals surface area contributed by atoms with Crippen LogP contribution in [0.4, 0.5) is 4.39 Å². The van der Waals surface area contributed by atoms with E-state index >= 15 is 0 Å². The predicted molar refractivity (Wildman–Crippen MR) is 78.2 cm³/mol. The zero-order valence-electron chi connectivity index (χ0n) is 11.7. The highest BCUT2D eigenvalue weighted by molar-refractivity contribution is 5.54. The number of unbranched alkanes of at least 4 members (excludes halogenated alkanes) is 1. The Kier molecular flexibility index (Phi) is 6.42. The van der Waals surface area contributed by atoms with Crippen molar-refractivity contribution in [3.63, 3.8) is 0 Å². The molecule has 0 aromatic heterocycles. The van der Waals surface area contributed by atoms with E-state index < -0.39 is 0 Å². The van der Waals surface area contributed by atoms with Gasteiger partial charge < -0.3 is 0 Å². The van der Waals surface area contributed by atoms with Crippen LogP contribution in [-0.2, 0) is 6.42 Å². The summed E-state index contributed by atoms with van der Waals surface area (Å²) in [4.78, 5) is 0. The highest BCUT2D eigenvalue weighted by Crippen LogP contribution is 2.20. The Morgan fingerprint density at radius 1 is 1.17 bits per heavy atom. The third kappa shape index (κ3) is 4.14. The van der Waals surface area contributed by atoms with Crippen molar-refractivity contribution in [3.05, 3.63) is 52.9 Å². The molecule has 98 valence electrons. The highest BCUT2D eigenvalue weighted by Gasteiger charge is 2.07. The molecule has 1 rings (SSSR count). The number of hydrogen-bond acceptors (Lipinski definition) is 0. The van der Waals surface area contributed by atoms with Gasteiger partial charge in [0.05, 0.1) is 0 Å². The van der Waals surface area contributed by atoms with Crippen molar-refractivity contribution >= 4 is 6.08 Å². The minimum atomic E-state index is -0.0434. The van der Waals surface area contributed by atoms with E-state index in [-0.39, 0.29) is 5.82 Å². The molecule has 0 radical (unpaired) electrons. The molecule has 0 aliphatic carbocycles. The van der Waals surface area contributed by atoms with E-state index in [4.69, 9.17) is 0 Å². The smallest absolute Gasteiger partial charge is 0.129 e. The normalized spacial score (nSPS) is 11.8. The first-order chi connectivity index (χ1) is 8.70. The number of hydrogen-bond donors (Lipinski definition) is 0. The van der Waals surface area contributed by atoms with Crippen LogP contribution < -0.4 is 0 Å². The Labute approximate surface area is 110 Å². The fourth-order valence-corrected chi connectivity index (χ4v) is 1.91. The summed E-state index contributed by atoms with van der Waals surface area (Å²) >= 11 is 0. The summed E-state index contributed by atoms with van der Waals surface area (Å²) in [5, 5.41) is 0. The average molecular weight is 246 g/mol. The first-order valence-corrected chi connectivity index (χ1v) is 6.76. The van der Waals surface area contributed by atoms with Crippen molar-refractivity contribution in [1.82, 2.24) is 0 Å². The molecule has 0 unspecified atom stereocenters. The molecule has 0 aliphatic heterocycles. The molecular formula is C17H23F. The molecule has 0 fully saturated rings. The fourth-order valence-electron chi connectivity index (χ4n) is 1.91. The van der Waals surface area contributed by atoms with E-state index in [1.807, 2.05) is 38.1 Å². The molecule has 1 aromatic rings. The van der Waals surface area contributed by atoms with E-state index in [1.54, 1.807) is 0 Å². The van der Waals surface area contributed by atoms with Crippen LogP contribution >= 0.6 is 0 Å². The minimum absolute atomic E-state index is 0.0434. The number of allylic oxidation sites excluding steroid dienone is 3. The summed E-state index contributed by atoms with van der Waals surface area (Å²) in [5.74, 6) is -0.0434. The molecule has 0 amide bonds. The molecule has 0 spiro atoms. The molecular weight excluding hydrogens is 223 g/mol. The molecule has 0 nitrogen and oxygen atoms in total. The Hall–Kier alpha value is -1.37.